The van der Waals surface area contributed by atoms with E-state index in [0.717, 1.165) is 22.3 Å². The highest BCUT2D eigenvalue weighted by molar-refractivity contribution is 6.56. The number of rotatable bonds is 6. The minimum Gasteiger partial charge on any atom is -0.449 e. The fraction of sp³-hybridized carbons (Fsp3) is 0.290. The Morgan fingerprint density at radius 1 is 1.00 bits per heavy atom. The molecule has 198 valence electrons. The third-order valence-corrected chi connectivity index (χ3v) is 7.83. The Balaban J connectivity index is 1.33. The molecule has 1 saturated heterocycles. The van der Waals surface area contributed by atoms with E-state index in [4.69, 9.17) is 14.0 Å². The number of hydrogen-bond acceptors (Lipinski definition) is 5. The van der Waals surface area contributed by atoms with Crippen LogP contribution in [0.25, 0.3) is 17.2 Å². The fourth-order valence-corrected chi connectivity index (χ4v) is 4.97. The number of nitrogens with one attached hydrogen (secondary N) is 1. The largest absolute Gasteiger partial charge is 0.492 e. The van der Waals surface area contributed by atoms with Gasteiger partial charge in [-0.25, -0.2) is 9.18 Å². The molecule has 39 heavy (non-hydrogen) atoms. The smallest absolute Gasteiger partial charge is 0.449 e. The third kappa shape index (κ3) is 5.08. The summed E-state index contributed by atoms with van der Waals surface area (Å²) in [6.07, 6.45) is 0.952. The van der Waals surface area contributed by atoms with Gasteiger partial charge in [-0.1, -0.05) is 66.7 Å². The van der Waals surface area contributed by atoms with Gasteiger partial charge in [0.15, 0.2) is 0 Å². The molecule has 0 aromatic heterocycles. The SMILES string of the molecule is CC1(C)OB(C(=Cc2cccc(C#N)c2F)CNC(=O)OCC2c3ccccc3-c3ccccc32)OC1(C)C. The zero-order chi connectivity index (χ0) is 27.8. The number of ether oxygens (including phenoxy) is 1. The number of nitriles is 1. The zero-order valence-corrected chi connectivity index (χ0v) is 22.5. The summed E-state index contributed by atoms with van der Waals surface area (Å²) in [5.74, 6) is -0.709. The van der Waals surface area contributed by atoms with Crippen molar-refractivity contribution in [2.45, 2.75) is 44.8 Å². The molecule has 0 saturated carbocycles. The monoisotopic (exact) mass is 524 g/mol. The Hall–Kier alpha value is -3.93. The predicted molar refractivity (Wildman–Crippen MR) is 148 cm³/mol. The number of alkyl carbamates (subject to hydrolysis) is 1. The zero-order valence-electron chi connectivity index (χ0n) is 22.5. The van der Waals surface area contributed by atoms with Gasteiger partial charge in [0.25, 0.3) is 0 Å². The molecule has 1 heterocycles. The number of nitrogens with zero attached hydrogens (tertiary/aromatic N) is 1. The predicted octanol–water partition coefficient (Wildman–Crippen LogP) is 6.25. The molecule has 1 aliphatic heterocycles. The fourth-order valence-electron chi connectivity index (χ4n) is 4.97. The molecule has 8 heteroatoms. The molecule has 5 rings (SSSR count). The van der Waals surface area contributed by atoms with Crippen LogP contribution in [0.15, 0.2) is 72.2 Å². The van der Waals surface area contributed by atoms with Gasteiger partial charge in [0.2, 0.25) is 0 Å². The summed E-state index contributed by atoms with van der Waals surface area (Å²) in [6.45, 7) is 7.85. The molecule has 1 N–H and O–H groups in total. The van der Waals surface area contributed by atoms with E-state index in [1.165, 1.54) is 6.07 Å². The van der Waals surface area contributed by atoms with Crippen molar-refractivity contribution in [1.82, 2.24) is 5.32 Å². The lowest BCUT2D eigenvalue weighted by atomic mass is 9.77. The average molecular weight is 524 g/mol. The Morgan fingerprint density at radius 2 is 1.59 bits per heavy atom. The summed E-state index contributed by atoms with van der Waals surface area (Å²) in [5, 5.41) is 12.0. The first-order chi connectivity index (χ1) is 18.6. The van der Waals surface area contributed by atoms with E-state index in [9.17, 15) is 14.4 Å². The molecule has 3 aromatic rings. The van der Waals surface area contributed by atoms with Crippen molar-refractivity contribution in [3.8, 4) is 17.2 Å². The van der Waals surface area contributed by atoms with Gasteiger partial charge in [-0.15, -0.1) is 0 Å². The number of carbonyl (C=O) groups is 1. The van der Waals surface area contributed by atoms with Gasteiger partial charge in [-0.05, 0) is 61.5 Å². The van der Waals surface area contributed by atoms with Crippen LogP contribution >= 0.6 is 0 Å². The summed E-state index contributed by atoms with van der Waals surface area (Å²) >= 11 is 0. The maximum Gasteiger partial charge on any atom is 0.492 e. The van der Waals surface area contributed by atoms with E-state index in [1.54, 1.807) is 18.2 Å². The van der Waals surface area contributed by atoms with Crippen LogP contribution in [0.1, 0.15) is 55.9 Å². The summed E-state index contributed by atoms with van der Waals surface area (Å²) < 4.78 is 32.9. The molecule has 6 nitrogen and oxygen atoms in total. The topological polar surface area (TPSA) is 80.6 Å². The van der Waals surface area contributed by atoms with E-state index >= 15 is 0 Å². The highest BCUT2D eigenvalue weighted by atomic mass is 19.1. The maximum atomic E-state index is 14.9. The minimum absolute atomic E-state index is 0.00369. The highest BCUT2D eigenvalue weighted by Gasteiger charge is 2.52. The minimum atomic E-state index is -0.825. The molecule has 3 aromatic carbocycles. The summed E-state index contributed by atoms with van der Waals surface area (Å²) in [4.78, 5) is 12.9. The van der Waals surface area contributed by atoms with Crippen LogP contribution in [-0.2, 0) is 14.0 Å². The van der Waals surface area contributed by atoms with E-state index in [0.29, 0.717) is 5.47 Å². The van der Waals surface area contributed by atoms with Gasteiger partial charge < -0.3 is 19.4 Å². The summed E-state index contributed by atoms with van der Waals surface area (Å²) in [7, 11) is -0.825. The van der Waals surface area contributed by atoms with Crippen molar-refractivity contribution in [2.24, 2.45) is 0 Å². The van der Waals surface area contributed by atoms with Crippen molar-refractivity contribution in [2.75, 3.05) is 13.2 Å². The number of halogens is 1. The van der Waals surface area contributed by atoms with Crippen LogP contribution < -0.4 is 5.32 Å². The second-order valence-electron chi connectivity index (χ2n) is 10.8. The number of fused-ring (bicyclic) bond motifs is 3. The van der Waals surface area contributed by atoms with E-state index < -0.39 is 30.2 Å². The molecular weight excluding hydrogens is 494 g/mol. The van der Waals surface area contributed by atoms with Crippen LogP contribution in [0.2, 0.25) is 0 Å². The van der Waals surface area contributed by atoms with Crippen molar-refractivity contribution < 1.29 is 23.2 Å². The van der Waals surface area contributed by atoms with Crippen LogP contribution in [0.3, 0.4) is 0 Å². The molecule has 0 spiro atoms. The van der Waals surface area contributed by atoms with Gasteiger partial charge in [0, 0.05) is 18.0 Å². The van der Waals surface area contributed by atoms with Crippen molar-refractivity contribution in [3.05, 3.63) is 100 Å². The average Bonchev–Trinajstić information content (AvgIpc) is 3.35. The van der Waals surface area contributed by atoms with E-state index in [2.05, 4.69) is 29.6 Å². The van der Waals surface area contributed by atoms with Gasteiger partial charge in [-0.3, -0.25) is 0 Å². The molecule has 1 amide bonds. The lowest BCUT2D eigenvalue weighted by Crippen LogP contribution is -2.41. The van der Waals surface area contributed by atoms with Crippen molar-refractivity contribution >= 4 is 19.3 Å². The number of amides is 1. The molecular formula is C31H30BFN2O4. The first kappa shape index (κ1) is 26.7. The quantitative estimate of drug-likeness (QED) is 0.386. The Bertz CT molecular complexity index is 1430. The molecule has 0 unspecified atom stereocenters. The first-order valence-electron chi connectivity index (χ1n) is 12.9. The van der Waals surface area contributed by atoms with Gasteiger partial charge >= 0.3 is 13.2 Å². The lowest BCUT2D eigenvalue weighted by molar-refractivity contribution is 0.00578. The Kier molecular flexibility index (Phi) is 7.06. The lowest BCUT2D eigenvalue weighted by Gasteiger charge is -2.32. The standard InChI is InChI=1S/C31H30BFN2O4/c1-30(2)31(3,4)39-32(38-30)22(16-20-10-9-11-21(17-34)28(20)33)18-35-29(36)37-19-27-25-14-7-5-12-23(25)24-13-6-8-15-26(24)27/h5-16,27H,18-19H2,1-4H3,(H,35,36). The second-order valence-corrected chi connectivity index (χ2v) is 10.8. The molecule has 2 aliphatic rings. The Labute approximate surface area is 228 Å². The number of carbonyl (C=O) groups excluding carboxylic acids is 1. The summed E-state index contributed by atoms with van der Waals surface area (Å²) in [5.41, 5.74) is 3.91. The van der Waals surface area contributed by atoms with Crippen LogP contribution in [0.5, 0.6) is 0 Å². The molecule has 1 aliphatic carbocycles. The number of hydrogen-bond donors (Lipinski definition) is 1. The molecule has 1 fully saturated rings. The highest BCUT2D eigenvalue weighted by Crippen LogP contribution is 2.44. The van der Waals surface area contributed by atoms with Crippen LogP contribution in [0, 0.1) is 17.1 Å². The maximum absolute atomic E-state index is 14.9. The molecule has 0 bridgehead atoms. The third-order valence-electron chi connectivity index (χ3n) is 7.83. The van der Waals surface area contributed by atoms with Gasteiger partial charge in [0.1, 0.15) is 18.5 Å². The van der Waals surface area contributed by atoms with E-state index in [1.807, 2.05) is 58.0 Å². The van der Waals surface area contributed by atoms with Crippen LogP contribution in [0.4, 0.5) is 9.18 Å². The first-order valence-corrected chi connectivity index (χ1v) is 12.9. The van der Waals surface area contributed by atoms with Crippen molar-refractivity contribution in [1.29, 1.82) is 5.26 Å². The van der Waals surface area contributed by atoms with E-state index in [-0.39, 0.29) is 30.2 Å². The van der Waals surface area contributed by atoms with Gasteiger partial charge in [-0.2, -0.15) is 5.26 Å². The summed E-state index contributed by atoms with van der Waals surface area (Å²) in [6, 6.07) is 22.7. The molecule has 0 atom stereocenters. The molecule has 0 radical (unpaired) electrons. The Morgan fingerprint density at radius 3 is 2.18 bits per heavy atom. The van der Waals surface area contributed by atoms with Crippen LogP contribution in [-0.4, -0.2) is 37.6 Å². The number of benzene rings is 3. The normalized spacial score (nSPS) is 17.3. The van der Waals surface area contributed by atoms with Crippen molar-refractivity contribution in [3.63, 3.8) is 0 Å². The van der Waals surface area contributed by atoms with Gasteiger partial charge in [0.05, 0.1) is 16.8 Å². The second kappa shape index (κ2) is 10.3.